The second-order valence-electron chi connectivity index (χ2n) is 3.23. The minimum Gasteiger partial charge on any atom is -0.368 e. The molecule has 1 aromatic rings. The molecule has 1 heterocycles. The van der Waals surface area contributed by atoms with Crippen LogP contribution in [0.1, 0.15) is 26.6 Å². The molecule has 2 N–H and O–H groups in total. The largest absolute Gasteiger partial charge is 0.368 e. The second-order valence-corrected chi connectivity index (χ2v) is 3.23. The number of aryl methyl sites for hydroxylation is 1. The van der Waals surface area contributed by atoms with Crippen molar-refractivity contribution in [1.29, 1.82) is 0 Å². The topological polar surface area (TPSA) is 57.8 Å². The first-order valence-corrected chi connectivity index (χ1v) is 4.48. The van der Waals surface area contributed by atoms with Gasteiger partial charge in [-0.2, -0.15) is 0 Å². The third kappa shape index (κ3) is 2.89. The Bertz CT molecular complexity index is 330. The molecule has 72 valence electrons. The summed E-state index contributed by atoms with van der Waals surface area (Å²) in [6.07, 6.45) is 0.739. The molecule has 4 heteroatoms. The van der Waals surface area contributed by atoms with Gasteiger partial charge in [0.25, 0.3) is 5.56 Å². The van der Waals surface area contributed by atoms with Gasteiger partial charge in [-0.25, -0.2) is 4.98 Å². The van der Waals surface area contributed by atoms with Gasteiger partial charge < -0.3 is 10.3 Å². The summed E-state index contributed by atoms with van der Waals surface area (Å²) in [6, 6.07) is 1.76. The van der Waals surface area contributed by atoms with Crippen molar-refractivity contribution in [2.75, 3.05) is 5.32 Å². The van der Waals surface area contributed by atoms with Crippen LogP contribution in [0, 0.1) is 0 Å². The lowest BCUT2D eigenvalue weighted by atomic mass is 10.4. The van der Waals surface area contributed by atoms with Crippen LogP contribution in [-0.2, 0) is 6.42 Å². The third-order valence-corrected chi connectivity index (χ3v) is 1.56. The molecule has 1 rings (SSSR count). The van der Waals surface area contributed by atoms with E-state index in [2.05, 4.69) is 15.3 Å². The monoisotopic (exact) mass is 181 g/mol. The number of hydrogen-bond acceptors (Lipinski definition) is 3. The molecule has 0 saturated carbocycles. The van der Waals surface area contributed by atoms with Crippen molar-refractivity contribution in [3.05, 3.63) is 22.2 Å². The van der Waals surface area contributed by atoms with Gasteiger partial charge >= 0.3 is 0 Å². The van der Waals surface area contributed by atoms with E-state index in [0.717, 1.165) is 12.2 Å². The minimum absolute atomic E-state index is 0.102. The molecule has 0 atom stereocenters. The number of hydrogen-bond donors (Lipinski definition) is 2. The molecule has 1 aromatic heterocycles. The van der Waals surface area contributed by atoms with Crippen molar-refractivity contribution < 1.29 is 0 Å². The molecule has 0 radical (unpaired) electrons. The highest BCUT2D eigenvalue weighted by Gasteiger charge is 2.00. The van der Waals surface area contributed by atoms with Crippen LogP contribution in [0.5, 0.6) is 0 Å². The van der Waals surface area contributed by atoms with Gasteiger partial charge in [0.05, 0.1) is 0 Å². The van der Waals surface area contributed by atoms with Crippen LogP contribution in [0.2, 0.25) is 0 Å². The fraction of sp³-hybridized carbons (Fsp3) is 0.556. The average molecular weight is 181 g/mol. The molecule has 4 nitrogen and oxygen atoms in total. The summed E-state index contributed by atoms with van der Waals surface area (Å²) in [5.41, 5.74) is -0.102. The summed E-state index contributed by atoms with van der Waals surface area (Å²) in [7, 11) is 0. The number of nitrogens with zero attached hydrogens (tertiary/aromatic N) is 1. The Morgan fingerprint density at radius 2 is 2.31 bits per heavy atom. The highest BCUT2D eigenvalue weighted by atomic mass is 16.1. The van der Waals surface area contributed by atoms with Crippen LogP contribution in [0.3, 0.4) is 0 Å². The number of H-pyrrole nitrogens is 1. The molecule has 0 fully saturated rings. The zero-order chi connectivity index (χ0) is 9.84. The lowest BCUT2D eigenvalue weighted by Gasteiger charge is -2.08. The van der Waals surface area contributed by atoms with Gasteiger partial charge in [0.1, 0.15) is 11.6 Å². The summed E-state index contributed by atoms with van der Waals surface area (Å²) in [6.45, 7) is 5.97. The third-order valence-electron chi connectivity index (χ3n) is 1.56. The predicted molar refractivity (Wildman–Crippen MR) is 53.0 cm³/mol. The van der Waals surface area contributed by atoms with Crippen LogP contribution < -0.4 is 10.9 Å². The molecule has 0 saturated heterocycles. The lowest BCUT2D eigenvalue weighted by Crippen LogP contribution is -2.17. The van der Waals surface area contributed by atoms with Crippen LogP contribution in [0.4, 0.5) is 5.82 Å². The predicted octanol–water partition coefficient (Wildman–Crippen LogP) is 1.15. The maximum atomic E-state index is 11.1. The van der Waals surface area contributed by atoms with Crippen molar-refractivity contribution in [3.63, 3.8) is 0 Å². The van der Waals surface area contributed by atoms with Crippen molar-refractivity contribution in [3.8, 4) is 0 Å². The number of nitrogens with one attached hydrogen (secondary N) is 2. The molecular formula is C9H15N3O. The maximum Gasteiger partial charge on any atom is 0.252 e. The van der Waals surface area contributed by atoms with E-state index in [9.17, 15) is 4.79 Å². The van der Waals surface area contributed by atoms with Crippen molar-refractivity contribution in [1.82, 2.24) is 9.97 Å². The van der Waals surface area contributed by atoms with Gasteiger partial charge in [-0.15, -0.1) is 0 Å². The number of aromatic amines is 1. The van der Waals surface area contributed by atoms with Gasteiger partial charge in [-0.3, -0.25) is 4.79 Å². The Hall–Kier alpha value is -1.32. The fourth-order valence-corrected chi connectivity index (χ4v) is 1.05. The van der Waals surface area contributed by atoms with Crippen LogP contribution in [0.15, 0.2) is 10.9 Å². The quantitative estimate of drug-likeness (QED) is 0.735. The Kier molecular flexibility index (Phi) is 3.06. The fourth-order valence-electron chi connectivity index (χ4n) is 1.05. The number of anilines is 1. The Morgan fingerprint density at radius 3 is 2.85 bits per heavy atom. The SMILES string of the molecule is CCc1nc(NC(C)C)cc(=O)[nH]1. The molecular weight excluding hydrogens is 166 g/mol. The zero-order valence-corrected chi connectivity index (χ0v) is 8.22. The van der Waals surface area contributed by atoms with E-state index in [1.165, 1.54) is 6.07 Å². The highest BCUT2D eigenvalue weighted by molar-refractivity contribution is 5.33. The first kappa shape index (κ1) is 9.77. The second kappa shape index (κ2) is 4.07. The van der Waals surface area contributed by atoms with Gasteiger partial charge in [-0.05, 0) is 13.8 Å². The average Bonchev–Trinajstić information content (AvgIpc) is 2.01. The normalized spacial score (nSPS) is 10.5. The van der Waals surface area contributed by atoms with E-state index in [-0.39, 0.29) is 5.56 Å². The Labute approximate surface area is 77.4 Å². The summed E-state index contributed by atoms with van der Waals surface area (Å²) in [5, 5.41) is 3.09. The first-order chi connectivity index (χ1) is 6.11. The van der Waals surface area contributed by atoms with Crippen molar-refractivity contribution >= 4 is 5.82 Å². The molecule has 0 spiro atoms. The van der Waals surface area contributed by atoms with E-state index >= 15 is 0 Å². The molecule has 0 aliphatic carbocycles. The van der Waals surface area contributed by atoms with E-state index in [4.69, 9.17) is 0 Å². The summed E-state index contributed by atoms with van der Waals surface area (Å²) in [5.74, 6) is 1.37. The molecule has 0 unspecified atom stereocenters. The summed E-state index contributed by atoms with van der Waals surface area (Å²) < 4.78 is 0. The lowest BCUT2D eigenvalue weighted by molar-refractivity contribution is 0.862. The van der Waals surface area contributed by atoms with Crippen molar-refractivity contribution in [2.45, 2.75) is 33.2 Å². The number of rotatable bonds is 3. The highest BCUT2D eigenvalue weighted by Crippen LogP contribution is 2.00. The minimum atomic E-state index is -0.102. The van der Waals surface area contributed by atoms with Gasteiger partial charge in [0, 0.05) is 18.5 Å². The molecule has 0 bridgehead atoms. The van der Waals surface area contributed by atoms with Gasteiger partial charge in [0.2, 0.25) is 0 Å². The van der Waals surface area contributed by atoms with Gasteiger partial charge in [-0.1, -0.05) is 6.92 Å². The Balaban J connectivity index is 2.95. The maximum absolute atomic E-state index is 11.1. The molecule has 0 amide bonds. The van der Waals surface area contributed by atoms with Crippen LogP contribution in [-0.4, -0.2) is 16.0 Å². The van der Waals surface area contributed by atoms with Crippen molar-refractivity contribution in [2.24, 2.45) is 0 Å². The van der Waals surface area contributed by atoms with E-state index in [1.807, 2.05) is 20.8 Å². The summed E-state index contributed by atoms with van der Waals surface area (Å²) >= 11 is 0. The van der Waals surface area contributed by atoms with Crippen LogP contribution in [0.25, 0.3) is 0 Å². The Morgan fingerprint density at radius 1 is 1.62 bits per heavy atom. The standard InChI is InChI=1S/C9H15N3O/c1-4-7-11-8(10-6(2)3)5-9(13)12-7/h5-6H,4H2,1-3H3,(H2,10,11,12,13). The summed E-state index contributed by atoms with van der Waals surface area (Å²) in [4.78, 5) is 18.0. The molecule has 0 aromatic carbocycles. The molecule has 0 aliphatic rings. The molecule has 13 heavy (non-hydrogen) atoms. The van der Waals surface area contributed by atoms with E-state index in [1.54, 1.807) is 0 Å². The van der Waals surface area contributed by atoms with E-state index < -0.39 is 0 Å². The van der Waals surface area contributed by atoms with E-state index in [0.29, 0.717) is 11.9 Å². The molecule has 0 aliphatic heterocycles. The zero-order valence-electron chi connectivity index (χ0n) is 8.22. The van der Waals surface area contributed by atoms with Crippen LogP contribution >= 0.6 is 0 Å². The van der Waals surface area contributed by atoms with Gasteiger partial charge in [0.15, 0.2) is 0 Å². The first-order valence-electron chi connectivity index (χ1n) is 4.48. The smallest absolute Gasteiger partial charge is 0.252 e. The number of aromatic nitrogens is 2.